The number of hydrogen-bond donors (Lipinski definition) is 1. The van der Waals surface area contributed by atoms with E-state index in [1.165, 1.54) is 12.8 Å². The van der Waals surface area contributed by atoms with Crippen LogP contribution in [0.5, 0.6) is 0 Å². The van der Waals surface area contributed by atoms with Gasteiger partial charge in [-0.05, 0) is 61.9 Å². The fourth-order valence-electron chi connectivity index (χ4n) is 5.44. The second-order valence-electron chi connectivity index (χ2n) is 8.51. The topological polar surface area (TPSA) is 107 Å². The number of anilines is 1. The summed E-state index contributed by atoms with van der Waals surface area (Å²) in [6.45, 7) is 0. The lowest BCUT2D eigenvalue weighted by atomic mass is 9.76. The number of hydrazone groups is 1. The molecule has 1 aromatic carbocycles. The number of aryl methyl sites for hydroxylation is 1. The summed E-state index contributed by atoms with van der Waals surface area (Å²) in [5.74, 6) is -0.277. The molecule has 5 rings (SSSR count). The van der Waals surface area contributed by atoms with Gasteiger partial charge in [0, 0.05) is 17.0 Å². The van der Waals surface area contributed by atoms with Crippen molar-refractivity contribution < 1.29 is 14.7 Å². The number of carbonyl (C=O) groups excluding carboxylic acids is 1. The molecular weight excluding hydrogens is 392 g/mol. The second kappa shape index (κ2) is 7.62. The van der Waals surface area contributed by atoms with Crippen molar-refractivity contribution in [3.63, 3.8) is 0 Å². The Morgan fingerprint density at radius 2 is 2.00 bits per heavy atom. The standard InChI is InChI=1S/C24H22N4O3/c25-12-15-5-6-17(11-16(15)13-29)28-23(14-3-1-2-4-14)19-8-9-20-18(22(19)27-28)7-10-21(26-20)24(30)31/h5-7,10-11,13-14,19,23H,1-4,8-9H2,(H,30,31). The first kappa shape index (κ1) is 19.4. The molecule has 2 aliphatic carbocycles. The Bertz CT molecular complexity index is 1140. The highest BCUT2D eigenvalue weighted by molar-refractivity contribution is 6.07. The highest BCUT2D eigenvalue weighted by Crippen LogP contribution is 2.44. The Balaban J connectivity index is 1.60. The van der Waals surface area contributed by atoms with Crippen LogP contribution in [0, 0.1) is 23.2 Å². The molecule has 2 atom stereocenters. The van der Waals surface area contributed by atoms with Crippen molar-refractivity contribution in [1.82, 2.24) is 4.98 Å². The van der Waals surface area contributed by atoms with E-state index < -0.39 is 5.97 Å². The fraction of sp³-hybridized carbons (Fsp3) is 0.375. The van der Waals surface area contributed by atoms with Crippen molar-refractivity contribution in [3.05, 3.63) is 58.4 Å². The number of carboxylic acids is 1. The van der Waals surface area contributed by atoms with E-state index in [0.29, 0.717) is 17.0 Å². The predicted octanol–water partition coefficient (Wildman–Crippen LogP) is 3.81. The summed E-state index contributed by atoms with van der Waals surface area (Å²) in [5.41, 5.74) is 4.27. The molecule has 0 saturated heterocycles. The zero-order valence-electron chi connectivity index (χ0n) is 17.0. The maximum Gasteiger partial charge on any atom is 0.354 e. The Morgan fingerprint density at radius 3 is 2.71 bits per heavy atom. The zero-order chi connectivity index (χ0) is 21.5. The van der Waals surface area contributed by atoms with Crippen LogP contribution in [-0.2, 0) is 6.42 Å². The van der Waals surface area contributed by atoms with E-state index >= 15 is 0 Å². The van der Waals surface area contributed by atoms with E-state index in [1.54, 1.807) is 18.2 Å². The van der Waals surface area contributed by atoms with Crippen LogP contribution in [0.15, 0.2) is 35.4 Å². The smallest absolute Gasteiger partial charge is 0.354 e. The lowest BCUT2D eigenvalue weighted by Crippen LogP contribution is -2.40. The number of nitrogens with zero attached hydrogens (tertiary/aromatic N) is 4. The van der Waals surface area contributed by atoms with Gasteiger partial charge >= 0.3 is 5.97 Å². The van der Waals surface area contributed by atoms with E-state index in [2.05, 4.69) is 11.1 Å². The number of aldehydes is 1. The molecule has 0 radical (unpaired) electrons. The molecule has 3 aliphatic rings. The maximum atomic E-state index is 11.5. The van der Waals surface area contributed by atoms with Crippen LogP contribution < -0.4 is 5.01 Å². The van der Waals surface area contributed by atoms with Crippen molar-refractivity contribution in [3.8, 4) is 6.07 Å². The molecular formula is C24H22N4O3. The van der Waals surface area contributed by atoms with Gasteiger partial charge in [0.2, 0.25) is 0 Å². The first-order chi connectivity index (χ1) is 15.1. The molecule has 2 aromatic rings. The lowest BCUT2D eigenvalue weighted by Gasteiger charge is -2.34. The number of fused-ring (bicyclic) bond motifs is 3. The van der Waals surface area contributed by atoms with Gasteiger partial charge in [-0.3, -0.25) is 9.80 Å². The molecule has 1 aromatic heterocycles. The van der Waals surface area contributed by atoms with Crippen LogP contribution in [0.1, 0.15) is 69.8 Å². The van der Waals surface area contributed by atoms with Crippen LogP contribution in [-0.4, -0.2) is 34.1 Å². The van der Waals surface area contributed by atoms with Gasteiger partial charge in [-0.25, -0.2) is 9.78 Å². The van der Waals surface area contributed by atoms with Crippen molar-refractivity contribution in [2.45, 2.75) is 44.6 Å². The van der Waals surface area contributed by atoms with E-state index in [9.17, 15) is 20.0 Å². The van der Waals surface area contributed by atoms with Gasteiger partial charge in [0.25, 0.3) is 0 Å². The Kier molecular flexibility index (Phi) is 4.78. The number of pyridine rings is 1. The van der Waals surface area contributed by atoms with Crippen LogP contribution in [0.3, 0.4) is 0 Å². The summed E-state index contributed by atoms with van der Waals surface area (Å²) < 4.78 is 0. The highest BCUT2D eigenvalue weighted by atomic mass is 16.4. The van der Waals surface area contributed by atoms with E-state index in [-0.39, 0.29) is 17.7 Å². The summed E-state index contributed by atoms with van der Waals surface area (Å²) in [5, 5.41) is 25.6. The third kappa shape index (κ3) is 3.19. The molecule has 2 unspecified atom stereocenters. The van der Waals surface area contributed by atoms with Crippen molar-refractivity contribution in [2.75, 3.05) is 5.01 Å². The molecule has 156 valence electrons. The molecule has 1 fully saturated rings. The SMILES string of the molecule is N#Cc1ccc(N2N=C3c4ccc(C(=O)O)nc4CCC3C2C2CCCC2)cc1C=O. The zero-order valence-corrected chi connectivity index (χ0v) is 17.0. The van der Waals surface area contributed by atoms with Crippen molar-refractivity contribution in [2.24, 2.45) is 16.9 Å². The summed E-state index contributed by atoms with van der Waals surface area (Å²) >= 11 is 0. The first-order valence-electron chi connectivity index (χ1n) is 10.7. The molecule has 7 heteroatoms. The highest BCUT2D eigenvalue weighted by Gasteiger charge is 2.46. The van der Waals surface area contributed by atoms with E-state index in [4.69, 9.17) is 5.10 Å². The molecule has 2 heterocycles. The summed E-state index contributed by atoms with van der Waals surface area (Å²) in [4.78, 5) is 27.2. The second-order valence-corrected chi connectivity index (χ2v) is 8.51. The van der Waals surface area contributed by atoms with Crippen LogP contribution in [0.2, 0.25) is 0 Å². The molecule has 31 heavy (non-hydrogen) atoms. The molecule has 1 N–H and O–H groups in total. The normalized spacial score (nSPS) is 22.4. The van der Waals surface area contributed by atoms with Gasteiger partial charge in [-0.2, -0.15) is 10.4 Å². The number of aromatic nitrogens is 1. The molecule has 0 amide bonds. The minimum Gasteiger partial charge on any atom is -0.477 e. The monoisotopic (exact) mass is 414 g/mol. The third-order valence-corrected chi connectivity index (χ3v) is 6.85. The van der Waals surface area contributed by atoms with Gasteiger partial charge in [0.1, 0.15) is 5.69 Å². The quantitative estimate of drug-likeness (QED) is 0.763. The summed E-state index contributed by atoms with van der Waals surface area (Å²) in [6, 6.07) is 10.9. The fourth-order valence-corrected chi connectivity index (χ4v) is 5.44. The molecule has 7 nitrogen and oxygen atoms in total. The Morgan fingerprint density at radius 1 is 1.19 bits per heavy atom. The third-order valence-electron chi connectivity index (χ3n) is 6.85. The van der Waals surface area contributed by atoms with Gasteiger partial charge in [-0.1, -0.05) is 12.8 Å². The number of rotatable bonds is 4. The molecule has 0 bridgehead atoms. The number of carboxylic acid groups (broad SMARTS) is 1. The largest absolute Gasteiger partial charge is 0.477 e. The van der Waals surface area contributed by atoms with Gasteiger partial charge in [0.15, 0.2) is 6.29 Å². The average molecular weight is 414 g/mol. The van der Waals surface area contributed by atoms with Crippen molar-refractivity contribution >= 4 is 23.7 Å². The number of carbonyl (C=O) groups is 2. The Labute approximate surface area is 180 Å². The number of aromatic carboxylic acids is 1. The number of hydrogen-bond acceptors (Lipinski definition) is 6. The molecule has 0 spiro atoms. The van der Waals surface area contributed by atoms with Crippen LogP contribution in [0.4, 0.5) is 5.69 Å². The predicted molar refractivity (Wildman–Crippen MR) is 114 cm³/mol. The molecule has 1 aliphatic heterocycles. The Hall–Kier alpha value is -3.53. The maximum absolute atomic E-state index is 11.5. The summed E-state index contributed by atoms with van der Waals surface area (Å²) in [6.07, 6.45) is 7.05. The lowest BCUT2D eigenvalue weighted by molar-refractivity contribution is 0.0690. The minimum absolute atomic E-state index is 0.0581. The average Bonchev–Trinajstić information content (AvgIpc) is 3.45. The summed E-state index contributed by atoms with van der Waals surface area (Å²) in [7, 11) is 0. The van der Waals surface area contributed by atoms with Gasteiger partial charge in [0.05, 0.1) is 34.8 Å². The van der Waals surface area contributed by atoms with Gasteiger partial charge < -0.3 is 5.11 Å². The van der Waals surface area contributed by atoms with Gasteiger partial charge in [-0.15, -0.1) is 0 Å². The van der Waals surface area contributed by atoms with Crippen LogP contribution >= 0.6 is 0 Å². The van der Waals surface area contributed by atoms with E-state index in [0.717, 1.165) is 54.6 Å². The molecule has 1 saturated carbocycles. The first-order valence-corrected chi connectivity index (χ1v) is 10.7. The minimum atomic E-state index is -1.03. The van der Waals surface area contributed by atoms with Crippen molar-refractivity contribution in [1.29, 1.82) is 5.26 Å². The van der Waals surface area contributed by atoms with E-state index in [1.807, 2.05) is 17.1 Å². The number of nitriles is 1. The number of benzene rings is 1. The van der Waals surface area contributed by atoms with Crippen LogP contribution in [0.25, 0.3) is 0 Å².